The van der Waals surface area contributed by atoms with E-state index < -0.39 is 24.5 Å². The molecule has 19 heavy (non-hydrogen) atoms. The molecule has 1 aromatic carbocycles. The molecule has 0 spiro atoms. The van der Waals surface area contributed by atoms with Crippen molar-refractivity contribution >= 4 is 0 Å². The lowest BCUT2D eigenvalue weighted by molar-refractivity contribution is 0.146. The van der Waals surface area contributed by atoms with Crippen molar-refractivity contribution < 1.29 is 23.0 Å². The summed E-state index contributed by atoms with van der Waals surface area (Å²) >= 11 is 0. The lowest BCUT2D eigenvalue weighted by Crippen LogP contribution is -2.05. The Morgan fingerprint density at radius 3 is 2.68 bits per heavy atom. The van der Waals surface area contributed by atoms with Crippen molar-refractivity contribution in [1.82, 2.24) is 15.0 Å². The second kappa shape index (κ2) is 5.27. The van der Waals surface area contributed by atoms with E-state index in [2.05, 4.69) is 10.3 Å². The molecule has 1 aromatic heterocycles. The predicted octanol–water partition coefficient (Wildman–Crippen LogP) is 1.84. The number of aliphatic hydroxyl groups is 1. The van der Waals surface area contributed by atoms with E-state index in [1.54, 1.807) is 0 Å². The minimum absolute atomic E-state index is 0.0537. The topological polar surface area (TPSA) is 60.2 Å². The Hall–Kier alpha value is -2.09. The molecule has 0 radical (unpaired) electrons. The number of benzene rings is 1. The van der Waals surface area contributed by atoms with E-state index in [1.807, 2.05) is 0 Å². The average molecular weight is 273 g/mol. The summed E-state index contributed by atoms with van der Waals surface area (Å²) in [6, 6.07) is 2.71. The molecule has 0 saturated heterocycles. The van der Waals surface area contributed by atoms with Gasteiger partial charge < -0.3 is 9.84 Å². The number of alkyl halides is 2. The fourth-order valence-corrected chi connectivity index (χ4v) is 1.61. The molecular formula is C11H10F3N3O2. The zero-order chi connectivity index (χ0) is 14.0. The van der Waals surface area contributed by atoms with E-state index in [4.69, 9.17) is 4.74 Å². The molecule has 2 aromatic rings. The maximum absolute atomic E-state index is 13.9. The Labute approximate surface area is 106 Å². The maximum atomic E-state index is 13.9. The van der Waals surface area contributed by atoms with E-state index in [9.17, 15) is 18.3 Å². The highest BCUT2D eigenvalue weighted by Crippen LogP contribution is 2.26. The lowest BCUT2D eigenvalue weighted by atomic mass is 10.1. The van der Waals surface area contributed by atoms with E-state index in [0.29, 0.717) is 0 Å². The molecule has 0 aliphatic rings. The van der Waals surface area contributed by atoms with E-state index >= 15 is 0 Å². The number of ether oxygens (including phenoxy) is 1. The maximum Gasteiger partial charge on any atom is 0.283 e. The minimum atomic E-state index is -2.77. The highest BCUT2D eigenvalue weighted by atomic mass is 19.3. The zero-order valence-corrected chi connectivity index (χ0v) is 9.85. The molecule has 2 rings (SSSR count). The molecule has 0 aliphatic carbocycles. The molecule has 0 atom stereocenters. The first-order valence-corrected chi connectivity index (χ1v) is 5.25. The largest absolute Gasteiger partial charge is 0.494 e. The Morgan fingerprint density at radius 1 is 1.42 bits per heavy atom. The van der Waals surface area contributed by atoms with Crippen LogP contribution in [0.2, 0.25) is 0 Å². The predicted molar refractivity (Wildman–Crippen MR) is 58.7 cm³/mol. The van der Waals surface area contributed by atoms with Crippen molar-refractivity contribution in [3.8, 4) is 11.4 Å². The molecule has 1 N–H and O–H groups in total. The van der Waals surface area contributed by atoms with Crippen molar-refractivity contribution in [3.63, 3.8) is 0 Å². The first kappa shape index (κ1) is 13.3. The third-order valence-corrected chi connectivity index (χ3v) is 2.54. The van der Waals surface area contributed by atoms with Crippen LogP contribution in [0.25, 0.3) is 5.69 Å². The van der Waals surface area contributed by atoms with Gasteiger partial charge in [0.2, 0.25) is 0 Å². The fourth-order valence-electron chi connectivity index (χ4n) is 1.61. The van der Waals surface area contributed by atoms with Gasteiger partial charge in [-0.05, 0) is 12.1 Å². The summed E-state index contributed by atoms with van der Waals surface area (Å²) in [6.45, 7) is -0.623. The Morgan fingerprint density at radius 2 is 2.16 bits per heavy atom. The van der Waals surface area contributed by atoms with Crippen molar-refractivity contribution in [1.29, 1.82) is 0 Å². The van der Waals surface area contributed by atoms with Gasteiger partial charge in [-0.1, -0.05) is 5.21 Å². The summed E-state index contributed by atoms with van der Waals surface area (Å²) in [4.78, 5) is 0. The summed E-state index contributed by atoms with van der Waals surface area (Å²) in [5.41, 5.74) is -0.509. The molecule has 102 valence electrons. The van der Waals surface area contributed by atoms with Crippen LogP contribution >= 0.6 is 0 Å². The number of aromatic nitrogens is 3. The number of halogens is 3. The molecule has 0 bridgehead atoms. The summed E-state index contributed by atoms with van der Waals surface area (Å²) in [6.07, 6.45) is -1.79. The Bertz CT molecular complexity index is 587. The molecule has 0 aliphatic heterocycles. The molecule has 0 saturated carbocycles. The number of rotatable bonds is 4. The second-order valence-corrected chi connectivity index (χ2v) is 3.63. The van der Waals surface area contributed by atoms with Gasteiger partial charge in [0, 0.05) is 5.56 Å². The molecule has 5 nitrogen and oxygen atoms in total. The Kier molecular flexibility index (Phi) is 3.70. The number of nitrogens with zero attached hydrogens (tertiary/aromatic N) is 3. The molecule has 1 heterocycles. The van der Waals surface area contributed by atoms with Crippen molar-refractivity contribution in [3.05, 3.63) is 35.4 Å². The third-order valence-electron chi connectivity index (χ3n) is 2.54. The summed E-state index contributed by atoms with van der Waals surface area (Å²) in [5.74, 6) is -0.821. The summed E-state index contributed by atoms with van der Waals surface area (Å²) in [5, 5.41) is 15.9. The fraction of sp³-hybridized carbons (Fsp3) is 0.273. The van der Waals surface area contributed by atoms with Gasteiger partial charge >= 0.3 is 0 Å². The highest BCUT2D eigenvalue weighted by Gasteiger charge is 2.18. The van der Waals surface area contributed by atoms with Crippen molar-refractivity contribution in [2.75, 3.05) is 7.11 Å². The van der Waals surface area contributed by atoms with Crippen molar-refractivity contribution in [2.45, 2.75) is 13.0 Å². The van der Waals surface area contributed by atoms with Crippen LogP contribution in [0.1, 0.15) is 17.7 Å². The van der Waals surface area contributed by atoms with Crippen LogP contribution in [0.3, 0.4) is 0 Å². The van der Waals surface area contributed by atoms with Crippen LogP contribution < -0.4 is 4.74 Å². The van der Waals surface area contributed by atoms with Crippen LogP contribution in [-0.2, 0) is 6.61 Å². The standard InChI is InChI=1S/C11H10F3N3O2/c1-19-9-3-2-8(6(5-18)10(9)12)17-4-7(11(13)14)15-16-17/h2-4,11,18H,5H2,1H3. The van der Waals surface area contributed by atoms with Crippen LogP contribution in [-0.4, -0.2) is 27.2 Å². The molecule has 0 amide bonds. The number of hydrogen-bond acceptors (Lipinski definition) is 4. The molecular weight excluding hydrogens is 263 g/mol. The van der Waals surface area contributed by atoms with Gasteiger partial charge in [0.1, 0.15) is 5.69 Å². The molecule has 0 unspecified atom stereocenters. The minimum Gasteiger partial charge on any atom is -0.494 e. The molecule has 8 heteroatoms. The van der Waals surface area contributed by atoms with Crippen LogP contribution in [0, 0.1) is 5.82 Å². The van der Waals surface area contributed by atoms with Crippen LogP contribution in [0.5, 0.6) is 5.75 Å². The summed E-state index contributed by atoms with van der Waals surface area (Å²) in [7, 11) is 1.28. The first-order valence-electron chi connectivity index (χ1n) is 5.25. The quantitative estimate of drug-likeness (QED) is 0.923. The SMILES string of the molecule is COc1ccc(-n2cc(C(F)F)nn2)c(CO)c1F. The van der Waals surface area contributed by atoms with Gasteiger partial charge in [0.25, 0.3) is 6.43 Å². The van der Waals surface area contributed by atoms with Crippen molar-refractivity contribution in [2.24, 2.45) is 0 Å². The van der Waals surface area contributed by atoms with E-state index in [1.165, 1.54) is 19.2 Å². The molecule has 0 fully saturated rings. The van der Waals surface area contributed by atoms with Gasteiger partial charge in [-0.25, -0.2) is 17.9 Å². The number of hydrogen-bond donors (Lipinski definition) is 1. The number of aliphatic hydroxyl groups excluding tert-OH is 1. The smallest absolute Gasteiger partial charge is 0.283 e. The zero-order valence-electron chi connectivity index (χ0n) is 9.85. The average Bonchev–Trinajstić information content (AvgIpc) is 2.87. The second-order valence-electron chi connectivity index (χ2n) is 3.63. The van der Waals surface area contributed by atoms with Gasteiger partial charge in [0.15, 0.2) is 11.6 Å². The monoisotopic (exact) mass is 273 g/mol. The van der Waals surface area contributed by atoms with Gasteiger partial charge in [-0.3, -0.25) is 0 Å². The van der Waals surface area contributed by atoms with E-state index in [0.717, 1.165) is 10.9 Å². The summed E-state index contributed by atoms with van der Waals surface area (Å²) < 4.78 is 44.5. The van der Waals surface area contributed by atoms with Crippen LogP contribution in [0.15, 0.2) is 18.3 Å². The van der Waals surface area contributed by atoms with Gasteiger partial charge in [-0.2, -0.15) is 0 Å². The van der Waals surface area contributed by atoms with E-state index in [-0.39, 0.29) is 17.0 Å². The van der Waals surface area contributed by atoms with Gasteiger partial charge in [-0.15, -0.1) is 5.10 Å². The number of methoxy groups -OCH3 is 1. The Balaban J connectivity index is 2.52. The van der Waals surface area contributed by atoms with Crippen LogP contribution in [0.4, 0.5) is 13.2 Å². The lowest BCUT2D eigenvalue weighted by Gasteiger charge is -2.10. The third kappa shape index (κ3) is 2.39. The highest BCUT2D eigenvalue weighted by molar-refractivity contribution is 5.46. The van der Waals surface area contributed by atoms with Gasteiger partial charge in [0.05, 0.1) is 25.6 Å². The first-order chi connectivity index (χ1) is 9.08. The normalized spacial score (nSPS) is 11.1.